The summed E-state index contributed by atoms with van der Waals surface area (Å²) in [5, 5.41) is 4.50. The third-order valence-electron chi connectivity index (χ3n) is 8.72. The molecule has 0 atom stereocenters. The maximum Gasteiger partial charge on any atom is 0.226 e. The number of thiophene rings is 1. The second kappa shape index (κ2) is 11.7. The van der Waals surface area contributed by atoms with Gasteiger partial charge in [0.15, 0.2) is 5.78 Å². The van der Waals surface area contributed by atoms with Crippen molar-refractivity contribution in [2.75, 3.05) is 51.3 Å². The van der Waals surface area contributed by atoms with E-state index in [-0.39, 0.29) is 17.1 Å². The van der Waals surface area contributed by atoms with E-state index < -0.39 is 0 Å². The zero-order chi connectivity index (χ0) is 28.6. The van der Waals surface area contributed by atoms with Crippen LogP contribution in [0.1, 0.15) is 53.9 Å². The molecule has 1 amide bonds. The van der Waals surface area contributed by atoms with Crippen molar-refractivity contribution in [3.8, 4) is 22.4 Å². The van der Waals surface area contributed by atoms with Crippen molar-refractivity contribution in [2.45, 2.75) is 52.0 Å². The van der Waals surface area contributed by atoms with Crippen molar-refractivity contribution in [1.29, 1.82) is 0 Å². The number of nitrogens with zero attached hydrogens (tertiary/aromatic N) is 3. The van der Waals surface area contributed by atoms with Crippen LogP contribution in [0.25, 0.3) is 22.4 Å². The lowest BCUT2D eigenvalue weighted by atomic mass is 9.75. The normalized spacial score (nSPS) is 19.3. The van der Waals surface area contributed by atoms with Crippen LogP contribution in [0.3, 0.4) is 0 Å². The number of carbonyl (C=O) groups is 2. The molecule has 216 valence electrons. The Balaban J connectivity index is 1.31. The molecule has 41 heavy (non-hydrogen) atoms. The Morgan fingerprint density at radius 1 is 1.07 bits per heavy atom. The van der Waals surface area contributed by atoms with Gasteiger partial charge < -0.3 is 19.9 Å². The minimum Gasteiger partial charge on any atom is -0.378 e. The molecule has 0 spiro atoms. The highest BCUT2D eigenvalue weighted by Gasteiger charge is 2.37. The number of likely N-dealkylation sites (tertiary alicyclic amines) is 1. The van der Waals surface area contributed by atoms with E-state index in [0.717, 1.165) is 72.7 Å². The van der Waals surface area contributed by atoms with Gasteiger partial charge in [0.2, 0.25) is 5.91 Å². The lowest BCUT2D eigenvalue weighted by Crippen LogP contribution is -2.44. The summed E-state index contributed by atoms with van der Waals surface area (Å²) in [5.74, 6) is 0.439. The monoisotopic (exact) mass is 572 g/mol. The highest BCUT2D eigenvalue weighted by molar-refractivity contribution is 7.19. The smallest absolute Gasteiger partial charge is 0.226 e. The molecule has 3 aromatic rings. The Bertz CT molecular complexity index is 1430. The van der Waals surface area contributed by atoms with Gasteiger partial charge in [-0.1, -0.05) is 32.0 Å². The number of morpholine rings is 1. The van der Waals surface area contributed by atoms with Crippen molar-refractivity contribution < 1.29 is 14.3 Å². The molecule has 3 aliphatic rings. The van der Waals surface area contributed by atoms with Crippen LogP contribution in [0, 0.1) is 5.41 Å². The van der Waals surface area contributed by atoms with E-state index in [1.165, 1.54) is 16.1 Å². The summed E-state index contributed by atoms with van der Waals surface area (Å²) in [5.41, 5.74) is 6.25. The summed E-state index contributed by atoms with van der Waals surface area (Å²) < 4.78 is 5.64. The number of fused-ring (bicyclic) bond motifs is 1. The molecular formula is C33H40N4O3S. The fourth-order valence-corrected chi connectivity index (χ4v) is 7.81. The van der Waals surface area contributed by atoms with Gasteiger partial charge in [-0.15, -0.1) is 11.3 Å². The summed E-state index contributed by atoms with van der Waals surface area (Å²) >= 11 is 1.65. The molecule has 2 saturated heterocycles. The Labute approximate surface area is 246 Å². The van der Waals surface area contributed by atoms with Gasteiger partial charge in [0.25, 0.3) is 0 Å². The molecule has 2 fully saturated rings. The van der Waals surface area contributed by atoms with Crippen LogP contribution >= 0.6 is 11.3 Å². The molecule has 2 aliphatic heterocycles. The number of nitrogens with one attached hydrogen (secondary N) is 1. The van der Waals surface area contributed by atoms with Crippen LogP contribution in [0.2, 0.25) is 0 Å². The number of hydrogen-bond acceptors (Lipinski definition) is 7. The SMILES string of the molecule is CNC1CCN(C(=O)Cc2cccc(-c3cc(-c4c(N5CCOCC5)sc5c4CC(C)(C)CC5=O)ccn3)c2)CC1. The second-order valence-electron chi connectivity index (χ2n) is 12.4. The van der Waals surface area contributed by atoms with E-state index in [2.05, 4.69) is 48.3 Å². The molecule has 6 rings (SSSR count). The highest BCUT2D eigenvalue weighted by atomic mass is 32.1. The average Bonchev–Trinajstić information content (AvgIpc) is 3.36. The number of ether oxygens (including phenoxy) is 1. The van der Waals surface area contributed by atoms with Crippen molar-refractivity contribution in [2.24, 2.45) is 5.41 Å². The molecule has 4 heterocycles. The number of rotatable bonds is 6. The van der Waals surface area contributed by atoms with Crippen molar-refractivity contribution in [3.63, 3.8) is 0 Å². The van der Waals surface area contributed by atoms with Crippen LogP contribution in [0.15, 0.2) is 42.6 Å². The number of anilines is 1. The first-order chi connectivity index (χ1) is 19.8. The summed E-state index contributed by atoms with van der Waals surface area (Å²) in [6, 6.07) is 13.0. The largest absolute Gasteiger partial charge is 0.378 e. The summed E-state index contributed by atoms with van der Waals surface area (Å²) in [6.07, 6.45) is 5.74. The quantitative estimate of drug-likeness (QED) is 0.437. The van der Waals surface area contributed by atoms with E-state index in [9.17, 15) is 9.59 Å². The maximum atomic E-state index is 13.3. The van der Waals surface area contributed by atoms with Gasteiger partial charge >= 0.3 is 0 Å². The first-order valence-electron chi connectivity index (χ1n) is 14.8. The number of amides is 1. The predicted molar refractivity (Wildman–Crippen MR) is 165 cm³/mol. The third kappa shape index (κ3) is 5.96. The van der Waals surface area contributed by atoms with E-state index >= 15 is 0 Å². The molecule has 0 bridgehead atoms. The number of ketones is 1. The topological polar surface area (TPSA) is 74.8 Å². The van der Waals surface area contributed by atoms with Crippen molar-refractivity contribution in [1.82, 2.24) is 15.2 Å². The molecule has 1 aromatic carbocycles. The fourth-order valence-electron chi connectivity index (χ4n) is 6.48. The first-order valence-corrected chi connectivity index (χ1v) is 15.7. The van der Waals surface area contributed by atoms with Crippen LogP contribution < -0.4 is 10.2 Å². The highest BCUT2D eigenvalue weighted by Crippen LogP contribution is 2.49. The molecule has 0 radical (unpaired) electrons. The van der Waals surface area contributed by atoms with Crippen molar-refractivity contribution in [3.05, 3.63) is 58.6 Å². The average molecular weight is 573 g/mol. The van der Waals surface area contributed by atoms with Crippen LogP contribution in [-0.4, -0.2) is 74.1 Å². The molecule has 7 nitrogen and oxygen atoms in total. The van der Waals surface area contributed by atoms with E-state index in [0.29, 0.717) is 32.1 Å². The van der Waals surface area contributed by atoms with Gasteiger partial charge in [0.05, 0.1) is 35.2 Å². The molecule has 8 heteroatoms. The molecule has 0 unspecified atom stereocenters. The van der Waals surface area contributed by atoms with Crippen LogP contribution in [0.5, 0.6) is 0 Å². The number of hydrogen-bond donors (Lipinski definition) is 1. The number of carbonyl (C=O) groups excluding carboxylic acids is 2. The maximum absolute atomic E-state index is 13.3. The fraction of sp³-hybridized carbons (Fsp3) is 0.485. The lowest BCUT2D eigenvalue weighted by Gasteiger charge is -2.32. The van der Waals surface area contributed by atoms with Gasteiger partial charge in [-0.3, -0.25) is 14.6 Å². The van der Waals surface area contributed by atoms with Gasteiger partial charge in [0.1, 0.15) is 0 Å². The first kappa shape index (κ1) is 28.1. The molecule has 1 N–H and O–H groups in total. The Hall–Kier alpha value is -3.07. The van der Waals surface area contributed by atoms with Crippen molar-refractivity contribution >= 4 is 28.0 Å². The Morgan fingerprint density at radius 2 is 1.85 bits per heavy atom. The summed E-state index contributed by atoms with van der Waals surface area (Å²) in [7, 11) is 1.99. The zero-order valence-electron chi connectivity index (χ0n) is 24.4. The van der Waals surface area contributed by atoms with Gasteiger partial charge in [-0.05, 0) is 66.6 Å². The number of aromatic nitrogens is 1. The van der Waals surface area contributed by atoms with Gasteiger partial charge in [0, 0.05) is 56.0 Å². The van der Waals surface area contributed by atoms with E-state index in [4.69, 9.17) is 9.72 Å². The molecule has 1 aliphatic carbocycles. The van der Waals surface area contributed by atoms with E-state index in [1.54, 1.807) is 11.3 Å². The number of pyridine rings is 1. The van der Waals surface area contributed by atoms with Gasteiger partial charge in [-0.2, -0.15) is 0 Å². The molecule has 2 aromatic heterocycles. The van der Waals surface area contributed by atoms with Crippen LogP contribution in [-0.2, 0) is 22.4 Å². The number of piperidine rings is 1. The second-order valence-corrected chi connectivity index (χ2v) is 13.4. The Kier molecular flexibility index (Phi) is 7.99. The van der Waals surface area contributed by atoms with Crippen LogP contribution in [0.4, 0.5) is 5.00 Å². The number of Topliss-reactive ketones (excluding diaryl/α,β-unsaturated/α-hetero) is 1. The zero-order valence-corrected chi connectivity index (χ0v) is 25.2. The third-order valence-corrected chi connectivity index (χ3v) is 10.1. The minimum absolute atomic E-state index is 0.0682. The molecule has 0 saturated carbocycles. The lowest BCUT2D eigenvalue weighted by molar-refractivity contribution is -0.131. The summed E-state index contributed by atoms with van der Waals surface area (Å²) in [4.78, 5) is 36.4. The number of benzene rings is 1. The van der Waals surface area contributed by atoms with E-state index in [1.807, 2.05) is 30.3 Å². The van der Waals surface area contributed by atoms with Gasteiger partial charge in [-0.25, -0.2) is 0 Å². The summed E-state index contributed by atoms with van der Waals surface area (Å²) in [6.45, 7) is 9.04. The molecular weight excluding hydrogens is 532 g/mol. The minimum atomic E-state index is -0.0682. The standard InChI is InChI=1S/C33H40N4O3S/c1-33(2)20-26-30(32(37-13-15-40-16-14-37)41-31(26)28(38)21-33)24-7-10-35-27(19-24)23-6-4-5-22(17-23)18-29(39)36-11-8-25(34-3)9-12-36/h4-7,10,17,19,25,34H,8-9,11-16,18,20-21H2,1-3H3. The predicted octanol–water partition coefficient (Wildman–Crippen LogP) is 5.22. The Morgan fingerprint density at radius 3 is 2.61 bits per heavy atom.